The Morgan fingerprint density at radius 2 is 2.07 bits per heavy atom. The van der Waals surface area contributed by atoms with E-state index in [1.165, 1.54) is 24.5 Å². The molecule has 1 aromatic heterocycles. The SMILES string of the molecule is O=C(O)c1cccc2occc(=O)c12. The molecule has 2 aromatic rings. The number of aromatic carboxylic acids is 1. The maximum atomic E-state index is 11.4. The van der Waals surface area contributed by atoms with E-state index >= 15 is 0 Å². The second-order valence-corrected chi connectivity index (χ2v) is 2.77. The number of fused-ring (bicyclic) bond motifs is 1. The van der Waals surface area contributed by atoms with E-state index in [-0.39, 0.29) is 22.0 Å². The first-order chi connectivity index (χ1) is 6.70. The van der Waals surface area contributed by atoms with Crippen LogP contribution in [0, 0.1) is 0 Å². The van der Waals surface area contributed by atoms with Crippen LogP contribution in [0.1, 0.15) is 10.4 Å². The van der Waals surface area contributed by atoms with Gasteiger partial charge in [0.05, 0.1) is 17.2 Å². The van der Waals surface area contributed by atoms with E-state index < -0.39 is 5.97 Å². The zero-order valence-corrected chi connectivity index (χ0v) is 7.06. The van der Waals surface area contributed by atoms with Crippen LogP contribution in [0.3, 0.4) is 0 Å². The molecule has 70 valence electrons. The van der Waals surface area contributed by atoms with Crippen LogP contribution in [0.2, 0.25) is 0 Å². The number of carboxylic acids is 1. The molecular formula is C10H6O4. The summed E-state index contributed by atoms with van der Waals surface area (Å²) in [5.74, 6) is -1.13. The smallest absolute Gasteiger partial charge is 0.336 e. The third-order valence-electron chi connectivity index (χ3n) is 1.92. The fourth-order valence-electron chi connectivity index (χ4n) is 1.31. The normalized spacial score (nSPS) is 10.3. The maximum absolute atomic E-state index is 11.4. The van der Waals surface area contributed by atoms with Crippen molar-refractivity contribution in [3.05, 3.63) is 46.3 Å². The fourth-order valence-corrected chi connectivity index (χ4v) is 1.31. The maximum Gasteiger partial charge on any atom is 0.336 e. The van der Waals surface area contributed by atoms with Crippen molar-refractivity contribution < 1.29 is 14.3 Å². The van der Waals surface area contributed by atoms with Crippen molar-refractivity contribution in [2.45, 2.75) is 0 Å². The van der Waals surface area contributed by atoms with E-state index in [4.69, 9.17) is 9.52 Å². The predicted molar refractivity (Wildman–Crippen MR) is 49.4 cm³/mol. The van der Waals surface area contributed by atoms with E-state index in [9.17, 15) is 9.59 Å². The Hall–Kier alpha value is -2.10. The molecule has 4 nitrogen and oxygen atoms in total. The minimum absolute atomic E-state index is 0.0307. The Morgan fingerprint density at radius 3 is 2.79 bits per heavy atom. The van der Waals surface area contributed by atoms with Crippen molar-refractivity contribution in [2.24, 2.45) is 0 Å². The molecule has 0 bridgehead atoms. The van der Waals surface area contributed by atoms with Crippen LogP contribution in [-0.2, 0) is 0 Å². The molecule has 0 spiro atoms. The molecule has 4 heteroatoms. The van der Waals surface area contributed by atoms with Crippen LogP contribution in [0.4, 0.5) is 0 Å². The highest BCUT2D eigenvalue weighted by Gasteiger charge is 2.11. The lowest BCUT2D eigenvalue weighted by Crippen LogP contribution is -2.06. The average molecular weight is 190 g/mol. The van der Waals surface area contributed by atoms with Crippen molar-refractivity contribution in [3.8, 4) is 0 Å². The number of rotatable bonds is 1. The van der Waals surface area contributed by atoms with Crippen LogP contribution < -0.4 is 5.43 Å². The molecule has 1 heterocycles. The van der Waals surface area contributed by atoms with Gasteiger partial charge >= 0.3 is 5.97 Å². The van der Waals surface area contributed by atoms with Gasteiger partial charge in [-0.05, 0) is 12.1 Å². The molecule has 0 aliphatic rings. The van der Waals surface area contributed by atoms with Crippen LogP contribution >= 0.6 is 0 Å². The molecule has 0 aliphatic heterocycles. The van der Waals surface area contributed by atoms with Crippen molar-refractivity contribution in [2.75, 3.05) is 0 Å². The van der Waals surface area contributed by atoms with Gasteiger partial charge in [-0.1, -0.05) is 6.07 Å². The van der Waals surface area contributed by atoms with Crippen molar-refractivity contribution in [3.63, 3.8) is 0 Å². The molecule has 0 amide bonds. The Labute approximate surface area is 78.4 Å². The molecular weight excluding hydrogens is 184 g/mol. The summed E-state index contributed by atoms with van der Waals surface area (Å²) >= 11 is 0. The lowest BCUT2D eigenvalue weighted by molar-refractivity contribution is 0.0699. The molecule has 0 aliphatic carbocycles. The lowest BCUT2D eigenvalue weighted by atomic mass is 10.1. The summed E-state index contributed by atoms with van der Waals surface area (Å²) in [5.41, 5.74) is -0.0847. The van der Waals surface area contributed by atoms with Gasteiger partial charge in [-0.2, -0.15) is 0 Å². The molecule has 14 heavy (non-hydrogen) atoms. The number of carboxylic acid groups (broad SMARTS) is 1. The van der Waals surface area contributed by atoms with Crippen molar-refractivity contribution >= 4 is 16.9 Å². The van der Waals surface area contributed by atoms with Gasteiger partial charge in [0.2, 0.25) is 0 Å². The highest BCUT2D eigenvalue weighted by atomic mass is 16.4. The number of carbonyl (C=O) groups is 1. The minimum atomic E-state index is -1.13. The summed E-state index contributed by atoms with van der Waals surface area (Å²) in [5, 5.41) is 8.94. The predicted octanol–water partition coefficient (Wildman–Crippen LogP) is 1.49. The molecule has 0 unspecified atom stereocenters. The van der Waals surface area contributed by atoms with Gasteiger partial charge in [-0.25, -0.2) is 4.79 Å². The second-order valence-electron chi connectivity index (χ2n) is 2.77. The first-order valence-corrected chi connectivity index (χ1v) is 3.94. The topological polar surface area (TPSA) is 67.5 Å². The first-order valence-electron chi connectivity index (χ1n) is 3.94. The highest BCUT2D eigenvalue weighted by molar-refractivity contribution is 6.01. The van der Waals surface area contributed by atoms with Gasteiger partial charge in [-0.3, -0.25) is 4.79 Å². The minimum Gasteiger partial charge on any atom is -0.478 e. The van der Waals surface area contributed by atoms with Crippen LogP contribution in [0.25, 0.3) is 11.0 Å². The van der Waals surface area contributed by atoms with Gasteiger partial charge in [0.15, 0.2) is 5.43 Å². The molecule has 0 radical (unpaired) electrons. The standard InChI is InChI=1S/C10H6O4/c11-7-4-5-14-8-3-1-2-6(9(7)8)10(12)13/h1-5H,(H,12,13). The zero-order valence-electron chi connectivity index (χ0n) is 7.06. The van der Waals surface area contributed by atoms with Gasteiger partial charge in [-0.15, -0.1) is 0 Å². The molecule has 1 N–H and O–H groups in total. The number of hydrogen-bond donors (Lipinski definition) is 1. The Kier molecular flexibility index (Phi) is 1.81. The van der Waals surface area contributed by atoms with Gasteiger partial charge in [0.1, 0.15) is 5.58 Å². The summed E-state index contributed by atoms with van der Waals surface area (Å²) < 4.78 is 5.02. The zero-order chi connectivity index (χ0) is 10.1. The first kappa shape index (κ1) is 8.50. The summed E-state index contributed by atoms with van der Waals surface area (Å²) in [4.78, 5) is 22.2. The third-order valence-corrected chi connectivity index (χ3v) is 1.92. The summed E-state index contributed by atoms with van der Waals surface area (Å²) in [7, 11) is 0. The second kappa shape index (κ2) is 2.99. The van der Waals surface area contributed by atoms with E-state index in [0.717, 1.165) is 0 Å². The molecule has 1 aromatic carbocycles. The Bertz CT molecular complexity index is 548. The monoisotopic (exact) mass is 190 g/mol. The molecule has 0 fully saturated rings. The van der Waals surface area contributed by atoms with E-state index in [1.807, 2.05) is 0 Å². The third kappa shape index (κ3) is 1.17. The molecule has 2 rings (SSSR count). The average Bonchev–Trinajstić information content (AvgIpc) is 2.17. The lowest BCUT2D eigenvalue weighted by Gasteiger charge is -1.98. The van der Waals surface area contributed by atoms with Gasteiger partial charge in [0, 0.05) is 6.07 Å². The Morgan fingerprint density at radius 1 is 1.29 bits per heavy atom. The van der Waals surface area contributed by atoms with Crippen molar-refractivity contribution in [1.82, 2.24) is 0 Å². The summed E-state index contributed by atoms with van der Waals surface area (Å²) in [6.45, 7) is 0. The molecule has 0 saturated carbocycles. The van der Waals surface area contributed by atoms with E-state index in [2.05, 4.69) is 0 Å². The quantitative estimate of drug-likeness (QED) is 0.739. The molecule has 0 saturated heterocycles. The van der Waals surface area contributed by atoms with E-state index in [0.29, 0.717) is 0 Å². The van der Waals surface area contributed by atoms with Crippen LogP contribution in [0.5, 0.6) is 0 Å². The summed E-state index contributed by atoms with van der Waals surface area (Å²) in [6, 6.07) is 5.67. The fraction of sp³-hybridized carbons (Fsp3) is 0. The van der Waals surface area contributed by atoms with Crippen molar-refractivity contribution in [1.29, 1.82) is 0 Å². The van der Waals surface area contributed by atoms with Gasteiger partial charge in [0.25, 0.3) is 0 Å². The largest absolute Gasteiger partial charge is 0.478 e. The highest BCUT2D eigenvalue weighted by Crippen LogP contribution is 2.14. The Balaban J connectivity index is 2.99. The van der Waals surface area contributed by atoms with Crippen LogP contribution in [0.15, 0.2) is 39.7 Å². The number of benzene rings is 1. The van der Waals surface area contributed by atoms with E-state index in [1.54, 1.807) is 6.07 Å². The molecule has 0 atom stereocenters. The summed E-state index contributed by atoms with van der Waals surface area (Å²) in [6.07, 6.45) is 1.25. The van der Waals surface area contributed by atoms with Crippen LogP contribution in [-0.4, -0.2) is 11.1 Å². The van der Waals surface area contributed by atoms with Gasteiger partial charge < -0.3 is 9.52 Å². The number of hydrogen-bond acceptors (Lipinski definition) is 3.